The number of hydrogen-bond acceptors (Lipinski definition) is 5. The molecule has 3 aromatic rings. The predicted molar refractivity (Wildman–Crippen MR) is 127 cm³/mol. The highest BCUT2D eigenvalue weighted by Crippen LogP contribution is 2.22. The zero-order valence-electron chi connectivity index (χ0n) is 19.3. The van der Waals surface area contributed by atoms with E-state index in [9.17, 15) is 17.6 Å². The highest BCUT2D eigenvalue weighted by Gasteiger charge is 2.19. The van der Waals surface area contributed by atoms with Crippen molar-refractivity contribution in [1.29, 1.82) is 0 Å². The van der Waals surface area contributed by atoms with Gasteiger partial charge in [0.05, 0.1) is 12.8 Å². The summed E-state index contributed by atoms with van der Waals surface area (Å²) in [4.78, 5) is 14.5. The van der Waals surface area contributed by atoms with Crippen LogP contribution in [0.4, 0.5) is 4.39 Å². The van der Waals surface area contributed by atoms with Crippen molar-refractivity contribution < 1.29 is 26.2 Å². The van der Waals surface area contributed by atoms with Crippen LogP contribution >= 0.6 is 0 Å². The fourth-order valence-electron chi connectivity index (χ4n) is 3.55. The van der Waals surface area contributed by atoms with Gasteiger partial charge >= 0.3 is 10.1 Å². The van der Waals surface area contributed by atoms with Crippen LogP contribution in [0.1, 0.15) is 56.8 Å². The first-order valence-corrected chi connectivity index (χ1v) is 12.9. The van der Waals surface area contributed by atoms with Gasteiger partial charge in [-0.2, -0.15) is 8.42 Å². The lowest BCUT2D eigenvalue weighted by atomic mass is 10.1. The monoisotopic (exact) mass is 487 g/mol. The maximum absolute atomic E-state index is 13.1. The molecule has 0 spiro atoms. The highest BCUT2D eigenvalue weighted by atomic mass is 32.2. The van der Waals surface area contributed by atoms with Crippen molar-refractivity contribution in [3.05, 3.63) is 84.1 Å². The summed E-state index contributed by atoms with van der Waals surface area (Å²) in [5.74, 6) is 0.267. The topological polar surface area (TPSA) is 76.8 Å². The van der Waals surface area contributed by atoms with Gasteiger partial charge in [-0.25, -0.2) is 4.39 Å². The minimum absolute atomic E-state index is 0.0122. The van der Waals surface area contributed by atoms with Crippen LogP contribution in [-0.4, -0.2) is 19.2 Å². The molecular formula is C26H30FNO5S. The highest BCUT2D eigenvalue weighted by molar-refractivity contribution is 7.87. The van der Waals surface area contributed by atoms with E-state index in [2.05, 4.69) is 6.92 Å². The molecule has 0 N–H and O–H groups in total. The van der Waals surface area contributed by atoms with Gasteiger partial charge in [0.15, 0.2) is 0 Å². The van der Waals surface area contributed by atoms with E-state index in [1.165, 1.54) is 6.07 Å². The molecule has 0 aliphatic heterocycles. The Balaban J connectivity index is 1.70. The van der Waals surface area contributed by atoms with E-state index in [-0.39, 0.29) is 23.1 Å². The summed E-state index contributed by atoms with van der Waals surface area (Å²) in [6.45, 7) is 2.75. The maximum Gasteiger partial charge on any atom is 0.339 e. The molecular weight excluding hydrogens is 457 g/mol. The standard InChI is InChI=1S/C26H30FNO5S/c1-2-3-4-5-6-12-26(29)28(20-24-11-8-17-32-24)19-21-9-7-10-23(18-21)33-34(30,31)25-15-13-22(27)14-16-25/h7-11,13-18H,2-6,12,19-20H2,1H3. The van der Waals surface area contributed by atoms with Crippen molar-refractivity contribution >= 4 is 16.0 Å². The first kappa shape index (κ1) is 25.5. The number of rotatable bonds is 13. The third kappa shape index (κ3) is 7.73. The van der Waals surface area contributed by atoms with Crippen LogP contribution in [-0.2, 0) is 28.0 Å². The molecule has 8 heteroatoms. The van der Waals surface area contributed by atoms with Gasteiger partial charge in [-0.1, -0.05) is 44.7 Å². The Labute approximate surface area is 200 Å². The third-order valence-corrected chi connectivity index (χ3v) is 6.62. The van der Waals surface area contributed by atoms with Crippen molar-refractivity contribution in [2.24, 2.45) is 0 Å². The van der Waals surface area contributed by atoms with Gasteiger partial charge in [-0.3, -0.25) is 4.79 Å². The van der Waals surface area contributed by atoms with Crippen molar-refractivity contribution in [3.63, 3.8) is 0 Å². The fourth-order valence-corrected chi connectivity index (χ4v) is 4.48. The predicted octanol–water partition coefficient (Wildman–Crippen LogP) is 6.08. The molecule has 0 aliphatic carbocycles. The Morgan fingerprint density at radius 1 is 0.971 bits per heavy atom. The molecule has 0 aliphatic rings. The lowest BCUT2D eigenvalue weighted by Gasteiger charge is -2.22. The third-order valence-electron chi connectivity index (χ3n) is 5.35. The van der Waals surface area contributed by atoms with Crippen molar-refractivity contribution in [2.45, 2.75) is 63.4 Å². The number of carbonyl (C=O) groups is 1. The molecule has 2 aromatic carbocycles. The SMILES string of the molecule is CCCCCCCC(=O)N(Cc1cccc(OS(=O)(=O)c2ccc(F)cc2)c1)Cc1ccco1. The van der Waals surface area contributed by atoms with E-state index >= 15 is 0 Å². The number of hydrogen-bond donors (Lipinski definition) is 0. The molecule has 34 heavy (non-hydrogen) atoms. The number of furan rings is 1. The first-order valence-electron chi connectivity index (χ1n) is 11.5. The minimum atomic E-state index is -4.11. The quantitative estimate of drug-likeness (QED) is 0.216. The van der Waals surface area contributed by atoms with Gasteiger partial charge in [0.1, 0.15) is 22.2 Å². The molecule has 3 rings (SSSR count). The van der Waals surface area contributed by atoms with Crippen LogP contribution < -0.4 is 4.18 Å². The van der Waals surface area contributed by atoms with Crippen LogP contribution in [0.15, 0.2) is 76.2 Å². The van der Waals surface area contributed by atoms with Gasteiger partial charge in [-0.05, 0) is 60.5 Å². The fraction of sp³-hybridized carbons (Fsp3) is 0.346. The first-order chi connectivity index (χ1) is 16.4. The lowest BCUT2D eigenvalue weighted by Crippen LogP contribution is -2.29. The summed E-state index contributed by atoms with van der Waals surface area (Å²) in [5.41, 5.74) is 0.720. The second-order valence-electron chi connectivity index (χ2n) is 8.13. The van der Waals surface area contributed by atoms with Crippen LogP contribution in [0.25, 0.3) is 0 Å². The molecule has 0 saturated carbocycles. The number of benzene rings is 2. The molecule has 1 amide bonds. The summed E-state index contributed by atoms with van der Waals surface area (Å²) in [6.07, 6.45) is 7.28. The van der Waals surface area contributed by atoms with Gasteiger partial charge in [0.2, 0.25) is 5.91 Å². The van der Waals surface area contributed by atoms with E-state index in [1.54, 1.807) is 35.4 Å². The van der Waals surface area contributed by atoms with E-state index in [0.29, 0.717) is 18.7 Å². The smallest absolute Gasteiger partial charge is 0.339 e. The Hall–Kier alpha value is -3.13. The number of carbonyl (C=O) groups excluding carboxylic acids is 1. The number of halogens is 1. The second kappa shape index (κ2) is 12.4. The van der Waals surface area contributed by atoms with Crippen molar-refractivity contribution in [1.82, 2.24) is 4.90 Å². The minimum Gasteiger partial charge on any atom is -0.467 e. The molecule has 0 unspecified atom stereocenters. The number of unbranched alkanes of at least 4 members (excludes halogenated alkanes) is 4. The zero-order chi connectivity index (χ0) is 24.4. The van der Waals surface area contributed by atoms with Gasteiger partial charge in [-0.15, -0.1) is 0 Å². The van der Waals surface area contributed by atoms with Gasteiger partial charge in [0.25, 0.3) is 0 Å². The summed E-state index contributed by atoms with van der Waals surface area (Å²) in [7, 11) is -4.11. The Morgan fingerprint density at radius 3 is 2.44 bits per heavy atom. The number of nitrogens with zero attached hydrogens (tertiary/aromatic N) is 1. The maximum atomic E-state index is 13.1. The Morgan fingerprint density at radius 2 is 1.74 bits per heavy atom. The summed E-state index contributed by atoms with van der Waals surface area (Å²) >= 11 is 0. The van der Waals surface area contributed by atoms with E-state index < -0.39 is 15.9 Å². The summed E-state index contributed by atoms with van der Waals surface area (Å²) in [5, 5.41) is 0. The average molecular weight is 488 g/mol. The van der Waals surface area contributed by atoms with Gasteiger partial charge < -0.3 is 13.5 Å². The van der Waals surface area contributed by atoms with Crippen LogP contribution in [0.3, 0.4) is 0 Å². The van der Waals surface area contributed by atoms with E-state index in [4.69, 9.17) is 8.60 Å². The molecule has 1 heterocycles. The molecule has 6 nitrogen and oxygen atoms in total. The molecule has 0 atom stereocenters. The Kier molecular flexibility index (Phi) is 9.27. The largest absolute Gasteiger partial charge is 0.467 e. The lowest BCUT2D eigenvalue weighted by molar-refractivity contribution is -0.132. The second-order valence-corrected chi connectivity index (χ2v) is 9.68. The number of amides is 1. The van der Waals surface area contributed by atoms with Crippen LogP contribution in [0, 0.1) is 5.82 Å². The van der Waals surface area contributed by atoms with Crippen molar-refractivity contribution in [3.8, 4) is 5.75 Å². The Bertz CT molecular complexity index is 1140. The van der Waals surface area contributed by atoms with Crippen LogP contribution in [0.5, 0.6) is 5.75 Å². The zero-order valence-corrected chi connectivity index (χ0v) is 20.1. The van der Waals surface area contributed by atoms with Crippen molar-refractivity contribution in [2.75, 3.05) is 0 Å². The molecule has 0 fully saturated rings. The molecule has 1 aromatic heterocycles. The summed E-state index contributed by atoms with van der Waals surface area (Å²) < 4.78 is 48.9. The molecule has 0 radical (unpaired) electrons. The van der Waals surface area contributed by atoms with E-state index in [1.807, 2.05) is 6.07 Å². The normalized spacial score (nSPS) is 11.4. The summed E-state index contributed by atoms with van der Waals surface area (Å²) in [6, 6.07) is 14.6. The average Bonchev–Trinajstić information content (AvgIpc) is 3.32. The molecule has 0 saturated heterocycles. The van der Waals surface area contributed by atoms with Crippen LogP contribution in [0.2, 0.25) is 0 Å². The van der Waals surface area contributed by atoms with E-state index in [0.717, 1.165) is 61.9 Å². The molecule has 0 bridgehead atoms. The molecule has 182 valence electrons. The van der Waals surface area contributed by atoms with Gasteiger partial charge in [0, 0.05) is 13.0 Å².